The smallest absolute Gasteiger partial charge is 0.198 e. The molecule has 6 rings (SSSR count). The Morgan fingerprint density at radius 2 is 1.76 bits per heavy atom. The molecule has 0 bridgehead atoms. The zero-order valence-corrected chi connectivity index (χ0v) is 30.6. The molecule has 5 heteroatoms. The van der Waals surface area contributed by atoms with Crippen LogP contribution in [0.2, 0.25) is 0 Å². The lowest BCUT2D eigenvalue weighted by Crippen LogP contribution is -2.33. The molecule has 250 valence electrons. The Bertz CT molecular complexity index is 2160. The predicted molar refractivity (Wildman–Crippen MR) is 219 cm³/mol. The first-order valence-corrected chi connectivity index (χ1v) is 18.2. The number of aldehydes is 1. The maximum atomic E-state index is 13.7. The molecule has 0 spiro atoms. The van der Waals surface area contributed by atoms with E-state index in [1.807, 2.05) is 30.4 Å². The van der Waals surface area contributed by atoms with E-state index in [1.54, 1.807) is 12.2 Å². The molecule has 0 saturated heterocycles. The zero-order valence-electron chi connectivity index (χ0n) is 28.5. The summed E-state index contributed by atoms with van der Waals surface area (Å²) in [6.07, 6.45) is 23.8. The van der Waals surface area contributed by atoms with E-state index >= 15 is 0 Å². The third-order valence-electron chi connectivity index (χ3n) is 9.18. The maximum absolute atomic E-state index is 13.7. The van der Waals surface area contributed by atoms with Crippen LogP contribution in [0, 0.1) is 6.92 Å². The number of rotatable bonds is 9. The second-order valence-electron chi connectivity index (χ2n) is 12.7. The van der Waals surface area contributed by atoms with E-state index in [9.17, 15) is 9.59 Å². The summed E-state index contributed by atoms with van der Waals surface area (Å²) in [5, 5.41) is 2.41. The molecule has 0 saturated carbocycles. The van der Waals surface area contributed by atoms with Gasteiger partial charge in [0.1, 0.15) is 0 Å². The second-order valence-corrected chi connectivity index (χ2v) is 13.9. The van der Waals surface area contributed by atoms with Gasteiger partial charge < -0.3 is 10.6 Å². The van der Waals surface area contributed by atoms with Crippen molar-refractivity contribution in [2.24, 2.45) is 5.73 Å². The van der Waals surface area contributed by atoms with Crippen molar-refractivity contribution in [3.8, 4) is 0 Å². The number of Topliss-reactive ketones (excluding diaryl/α,β-unsaturated/α-hetero) is 1. The first-order chi connectivity index (χ1) is 24.3. The number of benzene rings is 4. The Hall–Kier alpha value is -5.01. The van der Waals surface area contributed by atoms with Crippen LogP contribution in [-0.2, 0) is 16.0 Å². The van der Waals surface area contributed by atoms with E-state index < -0.39 is 0 Å². The number of nitrogens with zero attached hydrogens (tertiary/aromatic N) is 1. The molecule has 0 radical (unpaired) electrons. The normalized spacial score (nSPS) is 20.2. The van der Waals surface area contributed by atoms with E-state index in [0.29, 0.717) is 24.0 Å². The van der Waals surface area contributed by atoms with Crippen molar-refractivity contribution >= 4 is 75.0 Å². The molecule has 2 aliphatic rings. The lowest BCUT2D eigenvalue weighted by atomic mass is 9.90. The molecule has 4 nitrogen and oxygen atoms in total. The fourth-order valence-corrected chi connectivity index (χ4v) is 6.98. The highest BCUT2D eigenvalue weighted by atomic mass is 127. The Morgan fingerprint density at radius 3 is 2.58 bits per heavy atom. The predicted octanol–water partition coefficient (Wildman–Crippen LogP) is 10.9. The number of aryl methyl sites for hydroxylation is 1. The van der Waals surface area contributed by atoms with Gasteiger partial charge in [-0.2, -0.15) is 0 Å². The van der Waals surface area contributed by atoms with E-state index in [1.165, 1.54) is 27.5 Å². The molecule has 0 amide bonds. The van der Waals surface area contributed by atoms with Gasteiger partial charge in [-0.05, 0) is 142 Å². The number of hydrogen-bond donors (Lipinski definition) is 1. The van der Waals surface area contributed by atoms with E-state index in [0.717, 1.165) is 45.3 Å². The standard InChI is InChI=1S/C45H41IN2O2/c1-3-4-11-34-26-40(21-16-31(34)2)48(41-22-19-33-12-9-10-13-35(33)27-41)42-23-20-36-24-32(17-18-37(36)28-42)25-38(30-49)45(50)43-29-39(46)14-7-5-6-8-15-44(43)47/h4-7,9-14,16-27,29-30,42H,3,8,15,28,47H2,1-2H3/b6-5-,11-4-,14-7+,38-25-,39-29-,44-43-. The van der Waals surface area contributed by atoms with Crippen LogP contribution in [0.15, 0.2) is 142 Å². The quantitative estimate of drug-likeness (QED) is 0.0606. The van der Waals surface area contributed by atoms with Crippen LogP contribution in [0.3, 0.4) is 0 Å². The summed E-state index contributed by atoms with van der Waals surface area (Å²) in [5.41, 5.74) is 15.1. The van der Waals surface area contributed by atoms with Crippen LogP contribution in [0.25, 0.3) is 29.0 Å². The van der Waals surface area contributed by atoms with Crippen LogP contribution in [0.1, 0.15) is 54.0 Å². The molecule has 0 aliphatic heterocycles. The van der Waals surface area contributed by atoms with Gasteiger partial charge in [0.25, 0.3) is 0 Å². The van der Waals surface area contributed by atoms with Gasteiger partial charge in [-0.3, -0.25) is 9.59 Å². The van der Waals surface area contributed by atoms with Crippen molar-refractivity contribution in [3.05, 3.63) is 170 Å². The second kappa shape index (κ2) is 16.1. The molecule has 4 aromatic rings. The van der Waals surface area contributed by atoms with Crippen LogP contribution in [0.5, 0.6) is 0 Å². The van der Waals surface area contributed by atoms with Crippen LogP contribution < -0.4 is 10.6 Å². The summed E-state index contributed by atoms with van der Waals surface area (Å²) in [7, 11) is 0. The minimum atomic E-state index is -0.366. The molecule has 0 heterocycles. The van der Waals surface area contributed by atoms with Crippen molar-refractivity contribution in [1.82, 2.24) is 0 Å². The molecule has 4 aromatic carbocycles. The molecule has 0 fully saturated rings. The number of fused-ring (bicyclic) bond motifs is 2. The maximum Gasteiger partial charge on any atom is 0.198 e. The SMILES string of the molecule is CC/C=C\c1cc(N(c2ccc3ccccc3c2)C2C=Cc3cc(/C=C(/C=O)C(=O)C4=C(/N)CC\C=C/C=C/C(I)=C/4)ccc3C2)ccc1C. The van der Waals surface area contributed by atoms with E-state index in [2.05, 4.69) is 138 Å². The minimum absolute atomic E-state index is 0.0727. The van der Waals surface area contributed by atoms with E-state index in [4.69, 9.17) is 5.73 Å². The summed E-state index contributed by atoms with van der Waals surface area (Å²) in [6, 6.07) is 28.1. The highest BCUT2D eigenvalue weighted by Gasteiger charge is 2.24. The van der Waals surface area contributed by atoms with Crippen LogP contribution >= 0.6 is 22.6 Å². The number of anilines is 2. The Kier molecular flexibility index (Phi) is 11.2. The van der Waals surface area contributed by atoms with Crippen LogP contribution in [-0.4, -0.2) is 18.1 Å². The van der Waals surface area contributed by atoms with Crippen molar-refractivity contribution in [2.45, 2.75) is 45.6 Å². The molecule has 2 N–H and O–H groups in total. The van der Waals surface area contributed by atoms with Gasteiger partial charge in [0.2, 0.25) is 0 Å². The average molecular weight is 769 g/mol. The topological polar surface area (TPSA) is 63.4 Å². The lowest BCUT2D eigenvalue weighted by Gasteiger charge is -2.35. The number of nitrogens with two attached hydrogens (primary N) is 1. The van der Waals surface area contributed by atoms with Crippen LogP contribution in [0.4, 0.5) is 11.4 Å². The summed E-state index contributed by atoms with van der Waals surface area (Å²) in [4.78, 5) is 28.4. The van der Waals surface area contributed by atoms with Crippen molar-refractivity contribution < 1.29 is 9.59 Å². The van der Waals surface area contributed by atoms with Gasteiger partial charge in [-0.1, -0.05) is 98.0 Å². The molecule has 50 heavy (non-hydrogen) atoms. The third-order valence-corrected chi connectivity index (χ3v) is 9.85. The van der Waals surface area contributed by atoms with Crippen molar-refractivity contribution in [1.29, 1.82) is 0 Å². The van der Waals surface area contributed by atoms with Gasteiger partial charge in [-0.15, -0.1) is 0 Å². The van der Waals surface area contributed by atoms with Gasteiger partial charge in [-0.25, -0.2) is 0 Å². The number of allylic oxidation sites excluding steroid dienone is 10. The molecule has 1 atom stereocenters. The fourth-order valence-electron chi connectivity index (χ4n) is 6.46. The van der Waals surface area contributed by atoms with E-state index in [-0.39, 0.29) is 17.4 Å². The lowest BCUT2D eigenvalue weighted by molar-refractivity contribution is -0.114. The number of hydrogen-bond acceptors (Lipinski definition) is 4. The van der Waals surface area contributed by atoms with Gasteiger partial charge >= 0.3 is 0 Å². The molecular weight excluding hydrogens is 727 g/mol. The molecule has 0 aromatic heterocycles. The van der Waals surface area contributed by atoms with Gasteiger partial charge in [0, 0.05) is 26.2 Å². The molecule has 1 unspecified atom stereocenters. The number of carbonyl (C=O) groups excluding carboxylic acids is 2. The Morgan fingerprint density at radius 1 is 0.960 bits per heavy atom. The highest BCUT2D eigenvalue weighted by Crippen LogP contribution is 2.36. The summed E-state index contributed by atoms with van der Waals surface area (Å²) in [6.45, 7) is 4.31. The first-order valence-electron chi connectivity index (χ1n) is 17.1. The average Bonchev–Trinajstić information content (AvgIpc) is 3.13. The largest absolute Gasteiger partial charge is 0.401 e. The Balaban J connectivity index is 1.33. The third kappa shape index (κ3) is 8.06. The summed E-state index contributed by atoms with van der Waals surface area (Å²) >= 11 is 2.17. The summed E-state index contributed by atoms with van der Waals surface area (Å²) in [5.74, 6) is -0.366. The molecule has 2 aliphatic carbocycles. The minimum Gasteiger partial charge on any atom is -0.401 e. The zero-order chi connectivity index (χ0) is 35.0. The van der Waals surface area contributed by atoms with Crippen molar-refractivity contribution in [2.75, 3.05) is 4.90 Å². The van der Waals surface area contributed by atoms with Crippen molar-refractivity contribution in [3.63, 3.8) is 0 Å². The Labute approximate surface area is 308 Å². The molecular formula is C45H41IN2O2. The number of ketones is 1. The highest BCUT2D eigenvalue weighted by molar-refractivity contribution is 14.1. The monoisotopic (exact) mass is 768 g/mol. The van der Waals surface area contributed by atoms with Gasteiger partial charge in [0.15, 0.2) is 12.1 Å². The van der Waals surface area contributed by atoms with Gasteiger partial charge in [0.05, 0.1) is 11.6 Å². The number of halogens is 1. The fraction of sp³-hybridized carbons (Fsp3) is 0.156. The first kappa shape index (κ1) is 34.8. The number of carbonyl (C=O) groups is 2. The summed E-state index contributed by atoms with van der Waals surface area (Å²) < 4.78 is 0.858.